The van der Waals surface area contributed by atoms with Gasteiger partial charge in [0, 0.05) is 19.7 Å². The number of rotatable bonds is 11. The fraction of sp³-hybridized carbons (Fsp3) is 0.929. The molecule has 0 aromatic heterocycles. The van der Waals surface area contributed by atoms with E-state index in [1.165, 1.54) is 0 Å². The van der Waals surface area contributed by atoms with E-state index >= 15 is 0 Å². The molecule has 0 heterocycles. The largest absolute Gasteiger partial charge is 0.379 e. The molecule has 0 bridgehead atoms. The highest BCUT2D eigenvalue weighted by atomic mass is 127. The van der Waals surface area contributed by atoms with Crippen molar-refractivity contribution in [3.05, 3.63) is 0 Å². The van der Waals surface area contributed by atoms with Crippen LogP contribution in [0.4, 0.5) is 0 Å². The van der Waals surface area contributed by atoms with E-state index in [1.54, 1.807) is 0 Å². The maximum Gasteiger partial charge on any atom is 0.234 e. The van der Waals surface area contributed by atoms with Gasteiger partial charge in [0.1, 0.15) is 0 Å². The molecule has 5 heteroatoms. The molecule has 0 rings (SSSR count). The topological polar surface area (TPSA) is 41.6 Å². The molecule has 0 unspecified atom stereocenters. The van der Waals surface area contributed by atoms with Crippen LogP contribution < -0.4 is 5.32 Å². The summed E-state index contributed by atoms with van der Waals surface area (Å²) in [5.74, 6) is 0.720. The monoisotopic (exact) mass is 384 g/mol. The van der Waals surface area contributed by atoms with Crippen molar-refractivity contribution in [1.82, 2.24) is 10.2 Å². The van der Waals surface area contributed by atoms with Gasteiger partial charge in [0.2, 0.25) is 5.91 Å². The van der Waals surface area contributed by atoms with Gasteiger partial charge in [0.05, 0.1) is 17.2 Å². The number of alkyl halides is 1. The number of unbranched alkanes of at least 4 members (excludes halogenated alkanes) is 1. The Morgan fingerprint density at radius 1 is 1.26 bits per heavy atom. The summed E-state index contributed by atoms with van der Waals surface area (Å²) in [6, 6.07) is 0. The predicted octanol–water partition coefficient (Wildman–Crippen LogP) is 2.66. The average molecular weight is 384 g/mol. The molecule has 0 aliphatic heterocycles. The van der Waals surface area contributed by atoms with Crippen LogP contribution in [0.1, 0.15) is 40.5 Å². The molecule has 19 heavy (non-hydrogen) atoms. The van der Waals surface area contributed by atoms with E-state index < -0.39 is 0 Å². The van der Waals surface area contributed by atoms with Crippen LogP contribution in [0.2, 0.25) is 0 Å². The van der Waals surface area contributed by atoms with Crippen molar-refractivity contribution in [3.63, 3.8) is 0 Å². The number of nitrogens with one attached hydrogen (secondary N) is 1. The minimum atomic E-state index is 0.127. The second-order valence-corrected chi connectivity index (χ2v) is 6.18. The summed E-state index contributed by atoms with van der Waals surface area (Å²) in [7, 11) is 0. The molecule has 0 aliphatic carbocycles. The van der Waals surface area contributed by atoms with Crippen molar-refractivity contribution in [2.45, 2.75) is 46.6 Å². The van der Waals surface area contributed by atoms with Crippen molar-refractivity contribution < 1.29 is 9.53 Å². The first-order valence-electron chi connectivity index (χ1n) is 7.12. The highest BCUT2D eigenvalue weighted by Gasteiger charge is 2.10. The highest BCUT2D eigenvalue weighted by Crippen LogP contribution is 2.01. The third-order valence-electron chi connectivity index (χ3n) is 2.50. The van der Waals surface area contributed by atoms with Gasteiger partial charge in [0.25, 0.3) is 0 Å². The van der Waals surface area contributed by atoms with E-state index in [4.69, 9.17) is 4.74 Å². The number of hydrogen-bond donors (Lipinski definition) is 1. The van der Waals surface area contributed by atoms with Crippen molar-refractivity contribution in [2.75, 3.05) is 30.8 Å². The zero-order chi connectivity index (χ0) is 14.7. The summed E-state index contributed by atoms with van der Waals surface area (Å²) < 4.78 is 6.35. The Balaban J connectivity index is 3.57. The molecule has 0 fully saturated rings. The molecule has 0 aromatic rings. The van der Waals surface area contributed by atoms with Gasteiger partial charge in [0.15, 0.2) is 0 Å². The Bertz CT molecular complexity index is 235. The molecule has 0 aromatic carbocycles. The maximum absolute atomic E-state index is 11.7. The Morgan fingerprint density at radius 2 is 1.95 bits per heavy atom. The van der Waals surface area contributed by atoms with E-state index in [9.17, 15) is 4.79 Å². The number of hydrogen-bond acceptors (Lipinski definition) is 3. The molecular weight excluding hydrogens is 355 g/mol. The summed E-state index contributed by atoms with van der Waals surface area (Å²) in [4.78, 5) is 13.9. The first-order valence-corrected chi connectivity index (χ1v) is 8.64. The molecule has 0 saturated heterocycles. The SMILES string of the molecule is CC(C)CN(CI)CC(=O)NCCCCOC(C)C. The Labute approximate surface area is 131 Å². The average Bonchev–Trinajstić information content (AvgIpc) is 2.31. The lowest BCUT2D eigenvalue weighted by molar-refractivity contribution is -0.122. The van der Waals surface area contributed by atoms with Crippen molar-refractivity contribution >= 4 is 28.5 Å². The third-order valence-corrected chi connectivity index (χ3v) is 3.47. The lowest BCUT2D eigenvalue weighted by Gasteiger charge is -2.20. The number of carbonyl (C=O) groups excluding carboxylic acids is 1. The van der Waals surface area contributed by atoms with Crippen molar-refractivity contribution in [1.29, 1.82) is 0 Å². The van der Waals surface area contributed by atoms with Gasteiger partial charge in [-0.25, -0.2) is 0 Å². The highest BCUT2D eigenvalue weighted by molar-refractivity contribution is 14.1. The first-order chi connectivity index (χ1) is 8.95. The lowest BCUT2D eigenvalue weighted by atomic mass is 10.2. The zero-order valence-electron chi connectivity index (χ0n) is 12.7. The van der Waals surface area contributed by atoms with E-state index in [0.29, 0.717) is 18.6 Å². The number of carbonyl (C=O) groups is 1. The molecule has 4 nitrogen and oxygen atoms in total. The van der Waals surface area contributed by atoms with Crippen LogP contribution >= 0.6 is 22.6 Å². The lowest BCUT2D eigenvalue weighted by Crippen LogP contribution is -2.38. The Kier molecular flexibility index (Phi) is 12.0. The number of halogens is 1. The third kappa shape index (κ3) is 12.9. The quantitative estimate of drug-likeness (QED) is 0.258. The number of ether oxygens (including phenoxy) is 1. The van der Waals surface area contributed by atoms with Crippen LogP contribution in [0, 0.1) is 5.92 Å². The predicted molar refractivity (Wildman–Crippen MR) is 88.6 cm³/mol. The van der Waals surface area contributed by atoms with Gasteiger partial charge in [-0.2, -0.15) is 0 Å². The van der Waals surface area contributed by atoms with Gasteiger partial charge >= 0.3 is 0 Å². The van der Waals surface area contributed by atoms with Gasteiger partial charge in [-0.15, -0.1) is 0 Å². The molecule has 0 saturated carbocycles. The summed E-state index contributed by atoms with van der Waals surface area (Å²) in [6.45, 7) is 11.4. The van der Waals surface area contributed by atoms with E-state index in [0.717, 1.165) is 37.1 Å². The van der Waals surface area contributed by atoms with Crippen LogP contribution in [0.15, 0.2) is 0 Å². The van der Waals surface area contributed by atoms with E-state index in [-0.39, 0.29) is 5.91 Å². The Hall–Kier alpha value is 0.120. The standard InChI is InChI=1S/C14H29IN2O2/c1-12(2)9-17(11-15)10-14(18)16-7-5-6-8-19-13(3)4/h12-13H,5-11H2,1-4H3,(H,16,18). The van der Waals surface area contributed by atoms with Crippen molar-refractivity contribution in [3.8, 4) is 0 Å². The van der Waals surface area contributed by atoms with Crippen molar-refractivity contribution in [2.24, 2.45) is 5.92 Å². The summed E-state index contributed by atoms with van der Waals surface area (Å²) >= 11 is 2.31. The summed E-state index contributed by atoms with van der Waals surface area (Å²) in [6.07, 6.45) is 2.27. The fourth-order valence-electron chi connectivity index (χ4n) is 1.70. The smallest absolute Gasteiger partial charge is 0.234 e. The molecule has 114 valence electrons. The second kappa shape index (κ2) is 11.9. The van der Waals surface area contributed by atoms with E-state index in [2.05, 4.69) is 46.7 Å². The fourth-order valence-corrected chi connectivity index (χ4v) is 2.22. The second-order valence-electron chi connectivity index (χ2n) is 5.50. The molecule has 0 atom stereocenters. The van der Waals surface area contributed by atoms with E-state index in [1.807, 2.05) is 13.8 Å². The van der Waals surface area contributed by atoms with Gasteiger partial charge < -0.3 is 10.1 Å². The normalized spacial score (nSPS) is 11.6. The number of nitrogens with zero attached hydrogens (tertiary/aromatic N) is 1. The van der Waals surface area contributed by atoms with Crippen LogP contribution in [0.5, 0.6) is 0 Å². The molecule has 1 N–H and O–H groups in total. The Morgan fingerprint density at radius 3 is 2.47 bits per heavy atom. The molecule has 0 spiro atoms. The van der Waals surface area contributed by atoms with Crippen LogP contribution in [-0.2, 0) is 9.53 Å². The minimum absolute atomic E-state index is 0.127. The first kappa shape index (κ1) is 19.1. The molecule has 1 amide bonds. The van der Waals surface area contributed by atoms with Gasteiger partial charge in [-0.05, 0) is 32.6 Å². The zero-order valence-corrected chi connectivity index (χ0v) is 14.9. The molecule has 0 aliphatic rings. The molecular formula is C14H29IN2O2. The van der Waals surface area contributed by atoms with Crippen LogP contribution in [-0.4, -0.2) is 47.7 Å². The van der Waals surface area contributed by atoms with Crippen LogP contribution in [0.3, 0.4) is 0 Å². The number of amides is 1. The summed E-state index contributed by atoms with van der Waals surface area (Å²) in [5, 5.41) is 2.97. The van der Waals surface area contributed by atoms with Gasteiger partial charge in [-0.3, -0.25) is 9.69 Å². The summed E-state index contributed by atoms with van der Waals surface area (Å²) in [5.41, 5.74) is 0. The van der Waals surface area contributed by atoms with Crippen LogP contribution in [0.25, 0.3) is 0 Å². The van der Waals surface area contributed by atoms with Gasteiger partial charge in [-0.1, -0.05) is 36.4 Å². The maximum atomic E-state index is 11.7. The molecule has 0 radical (unpaired) electrons. The minimum Gasteiger partial charge on any atom is -0.379 e.